The molecular formula is C28H31F4N7O. The third kappa shape index (κ3) is 6.50. The quantitative estimate of drug-likeness (QED) is 0.200. The molecule has 0 atom stereocenters. The zero-order valence-corrected chi connectivity index (χ0v) is 22.7. The summed E-state index contributed by atoms with van der Waals surface area (Å²) in [6, 6.07) is 9.06. The van der Waals surface area contributed by atoms with Gasteiger partial charge in [0, 0.05) is 60.6 Å². The number of likely N-dealkylation sites (N-methyl/N-ethyl adjacent to an activating group) is 2. The molecule has 2 aromatic carbocycles. The summed E-state index contributed by atoms with van der Waals surface area (Å²) in [5, 5.41) is 6.22. The van der Waals surface area contributed by atoms with Gasteiger partial charge in [0.25, 0.3) is 0 Å². The number of nitrogens with one attached hydrogen (secondary N) is 3. The van der Waals surface area contributed by atoms with Gasteiger partial charge in [-0.1, -0.05) is 6.92 Å². The van der Waals surface area contributed by atoms with Gasteiger partial charge in [-0.3, -0.25) is 4.79 Å². The predicted molar refractivity (Wildman–Crippen MR) is 149 cm³/mol. The molecule has 0 radical (unpaired) electrons. The lowest BCUT2D eigenvalue weighted by Gasteiger charge is -2.27. The fraction of sp³-hybridized carbons (Fsp3) is 0.321. The summed E-state index contributed by atoms with van der Waals surface area (Å²) in [7, 11) is 3.92. The number of benzene rings is 2. The van der Waals surface area contributed by atoms with Crippen LogP contribution >= 0.6 is 0 Å². The van der Waals surface area contributed by atoms with Crippen molar-refractivity contribution in [3.05, 3.63) is 60.2 Å². The van der Waals surface area contributed by atoms with Crippen molar-refractivity contribution in [2.24, 2.45) is 0 Å². The largest absolute Gasteiger partial charge is 0.421 e. The van der Waals surface area contributed by atoms with Crippen molar-refractivity contribution in [1.29, 1.82) is 0 Å². The minimum atomic E-state index is -4.73. The van der Waals surface area contributed by atoms with E-state index in [0.717, 1.165) is 18.4 Å². The molecular weight excluding hydrogens is 526 g/mol. The van der Waals surface area contributed by atoms with E-state index < -0.39 is 23.4 Å². The summed E-state index contributed by atoms with van der Waals surface area (Å²) in [6.07, 6.45) is -2.24. The molecule has 2 heterocycles. The fourth-order valence-corrected chi connectivity index (χ4v) is 4.23. The summed E-state index contributed by atoms with van der Waals surface area (Å²) in [4.78, 5) is 27.5. The molecule has 40 heavy (non-hydrogen) atoms. The van der Waals surface area contributed by atoms with E-state index in [1.54, 1.807) is 25.1 Å². The Kier molecular flexibility index (Phi) is 8.58. The number of hydrogen-bond donors (Lipinski definition) is 3. The molecule has 0 fully saturated rings. The maximum Gasteiger partial charge on any atom is 0.421 e. The van der Waals surface area contributed by atoms with E-state index in [1.807, 2.05) is 25.9 Å². The Morgan fingerprint density at radius 1 is 1.07 bits per heavy atom. The van der Waals surface area contributed by atoms with Crippen molar-refractivity contribution < 1.29 is 22.4 Å². The lowest BCUT2D eigenvalue weighted by Crippen LogP contribution is -2.32. The van der Waals surface area contributed by atoms with Gasteiger partial charge in [0.1, 0.15) is 17.2 Å². The van der Waals surface area contributed by atoms with Crippen LogP contribution in [-0.4, -0.2) is 59.5 Å². The molecule has 3 N–H and O–H groups in total. The number of anilines is 4. The second-order valence-corrected chi connectivity index (χ2v) is 9.49. The average molecular weight is 558 g/mol. The molecule has 0 aliphatic carbocycles. The standard InChI is InChI=1S/C28H31F4N7O/c1-5-25(40)36-23-14-18(8-10-24(23)39(6-2)12-11-38(3)4)35-27-21(28(30,31)32)16-34-26(37-27)20-15-33-22-13-17(29)7-9-19(20)22/h7-10,13-16,33H,5-6,11-12H2,1-4H3,(H,36,40)(H,34,35,37). The molecule has 8 nitrogen and oxygen atoms in total. The normalized spacial score (nSPS) is 11.7. The molecule has 4 rings (SSSR count). The minimum absolute atomic E-state index is 0.0327. The van der Waals surface area contributed by atoms with E-state index in [-0.39, 0.29) is 18.2 Å². The van der Waals surface area contributed by atoms with Crippen molar-refractivity contribution in [2.75, 3.05) is 49.3 Å². The van der Waals surface area contributed by atoms with Gasteiger partial charge in [-0.25, -0.2) is 14.4 Å². The lowest BCUT2D eigenvalue weighted by atomic mass is 10.1. The first-order chi connectivity index (χ1) is 19.0. The minimum Gasteiger partial charge on any atom is -0.369 e. The van der Waals surface area contributed by atoms with Crippen LogP contribution in [0.2, 0.25) is 0 Å². The van der Waals surface area contributed by atoms with E-state index in [1.165, 1.54) is 24.4 Å². The van der Waals surface area contributed by atoms with E-state index in [2.05, 4.69) is 30.5 Å². The van der Waals surface area contributed by atoms with Gasteiger partial charge in [-0.05, 0) is 57.4 Å². The second-order valence-electron chi connectivity index (χ2n) is 9.49. The summed E-state index contributed by atoms with van der Waals surface area (Å²) >= 11 is 0. The monoisotopic (exact) mass is 557 g/mol. The maximum absolute atomic E-state index is 14.0. The molecule has 0 saturated heterocycles. The van der Waals surface area contributed by atoms with Crippen molar-refractivity contribution in [3.63, 3.8) is 0 Å². The molecule has 0 unspecified atom stereocenters. The Balaban J connectivity index is 1.75. The Hall–Kier alpha value is -4.19. The highest BCUT2D eigenvalue weighted by molar-refractivity contribution is 5.96. The molecule has 2 aromatic heterocycles. The number of carbonyl (C=O) groups excluding carboxylic acids is 1. The number of fused-ring (bicyclic) bond motifs is 1. The lowest BCUT2D eigenvalue weighted by molar-refractivity contribution is -0.137. The highest BCUT2D eigenvalue weighted by Crippen LogP contribution is 2.38. The van der Waals surface area contributed by atoms with Gasteiger partial charge < -0.3 is 25.4 Å². The predicted octanol–water partition coefficient (Wildman–Crippen LogP) is 6.26. The van der Waals surface area contributed by atoms with Crippen LogP contribution < -0.4 is 15.5 Å². The first kappa shape index (κ1) is 28.8. The number of H-pyrrole nitrogens is 1. The van der Waals surface area contributed by atoms with Crippen LogP contribution in [0.5, 0.6) is 0 Å². The van der Waals surface area contributed by atoms with E-state index in [4.69, 9.17) is 0 Å². The highest BCUT2D eigenvalue weighted by Gasteiger charge is 2.35. The number of hydrogen-bond acceptors (Lipinski definition) is 6. The molecule has 4 aromatic rings. The maximum atomic E-state index is 14.0. The van der Waals surface area contributed by atoms with Gasteiger partial charge in [-0.2, -0.15) is 13.2 Å². The number of aromatic amines is 1. The molecule has 12 heteroatoms. The average Bonchev–Trinajstić information content (AvgIpc) is 3.32. The third-order valence-corrected chi connectivity index (χ3v) is 6.37. The third-order valence-electron chi connectivity index (χ3n) is 6.37. The van der Waals surface area contributed by atoms with Crippen LogP contribution in [0.25, 0.3) is 22.3 Å². The van der Waals surface area contributed by atoms with Crippen LogP contribution in [0.4, 0.5) is 40.4 Å². The van der Waals surface area contributed by atoms with Crippen LogP contribution in [0.15, 0.2) is 48.8 Å². The number of amides is 1. The molecule has 0 bridgehead atoms. The zero-order chi connectivity index (χ0) is 29.0. The van der Waals surface area contributed by atoms with Crippen LogP contribution in [0, 0.1) is 5.82 Å². The molecule has 0 aliphatic heterocycles. The molecule has 0 aliphatic rings. The smallest absolute Gasteiger partial charge is 0.369 e. The fourth-order valence-electron chi connectivity index (χ4n) is 4.23. The van der Waals surface area contributed by atoms with E-state index in [0.29, 0.717) is 40.9 Å². The van der Waals surface area contributed by atoms with E-state index >= 15 is 0 Å². The Bertz CT molecular complexity index is 1500. The van der Waals surface area contributed by atoms with Gasteiger partial charge in [0.2, 0.25) is 5.91 Å². The molecule has 1 amide bonds. The number of nitrogens with zero attached hydrogens (tertiary/aromatic N) is 4. The van der Waals surface area contributed by atoms with Crippen LogP contribution in [0.3, 0.4) is 0 Å². The Morgan fingerprint density at radius 2 is 1.85 bits per heavy atom. The van der Waals surface area contributed by atoms with Crippen molar-refractivity contribution in [3.8, 4) is 11.4 Å². The van der Waals surface area contributed by atoms with Gasteiger partial charge in [-0.15, -0.1) is 0 Å². The Morgan fingerprint density at radius 3 is 2.52 bits per heavy atom. The van der Waals surface area contributed by atoms with Crippen molar-refractivity contribution in [2.45, 2.75) is 26.4 Å². The van der Waals surface area contributed by atoms with Crippen molar-refractivity contribution >= 4 is 39.7 Å². The highest BCUT2D eigenvalue weighted by atomic mass is 19.4. The summed E-state index contributed by atoms with van der Waals surface area (Å²) in [5.74, 6) is -1.09. The van der Waals surface area contributed by atoms with Gasteiger partial charge >= 0.3 is 6.18 Å². The summed E-state index contributed by atoms with van der Waals surface area (Å²) in [6.45, 7) is 5.83. The summed E-state index contributed by atoms with van der Waals surface area (Å²) < 4.78 is 55.5. The first-order valence-electron chi connectivity index (χ1n) is 12.8. The number of alkyl halides is 3. The number of carbonyl (C=O) groups is 1. The van der Waals surface area contributed by atoms with Crippen LogP contribution in [0.1, 0.15) is 25.8 Å². The second kappa shape index (κ2) is 11.9. The molecule has 0 spiro atoms. The zero-order valence-electron chi connectivity index (χ0n) is 22.7. The number of aromatic nitrogens is 3. The number of halogens is 4. The molecule has 0 saturated carbocycles. The number of rotatable bonds is 10. The SMILES string of the molecule is CCC(=O)Nc1cc(Nc2nc(-c3c[nH]c4cc(F)ccc34)ncc2C(F)(F)F)ccc1N(CC)CCN(C)C. The van der Waals surface area contributed by atoms with Crippen molar-refractivity contribution in [1.82, 2.24) is 19.9 Å². The Labute approximate surface area is 229 Å². The topological polar surface area (TPSA) is 89.2 Å². The van der Waals surface area contributed by atoms with Crippen LogP contribution in [-0.2, 0) is 11.0 Å². The first-order valence-corrected chi connectivity index (χ1v) is 12.8. The molecule has 212 valence electrons. The van der Waals surface area contributed by atoms with Gasteiger partial charge in [0.05, 0.1) is 11.4 Å². The van der Waals surface area contributed by atoms with Gasteiger partial charge in [0.15, 0.2) is 5.82 Å². The summed E-state index contributed by atoms with van der Waals surface area (Å²) in [5.41, 5.74) is 1.37. The van der Waals surface area contributed by atoms with E-state index in [9.17, 15) is 22.4 Å².